The maximum atomic E-state index is 14.7. The topological polar surface area (TPSA) is 128 Å². The summed E-state index contributed by atoms with van der Waals surface area (Å²) in [4.78, 5) is 35.7. The normalized spacial score (nSPS) is 16.6. The van der Waals surface area contributed by atoms with Crippen molar-refractivity contribution in [3.8, 4) is 17.0 Å². The van der Waals surface area contributed by atoms with Crippen molar-refractivity contribution in [1.82, 2.24) is 20.2 Å². The maximum Gasteiger partial charge on any atom is 0.325 e. The molecule has 9 nitrogen and oxygen atoms in total. The number of carbonyl (C=O) groups is 2. The predicted molar refractivity (Wildman–Crippen MR) is 153 cm³/mol. The van der Waals surface area contributed by atoms with Crippen LogP contribution in [-0.4, -0.2) is 56.3 Å². The molecule has 206 valence electrons. The Balaban J connectivity index is 1.42. The lowest BCUT2D eigenvalue weighted by Crippen LogP contribution is -2.36. The Bertz CT molecular complexity index is 1500. The van der Waals surface area contributed by atoms with Crippen molar-refractivity contribution in [2.45, 2.75) is 24.6 Å². The first kappa shape index (κ1) is 27.7. The number of ether oxygens (including phenoxy) is 1. The molecule has 1 aliphatic rings. The lowest BCUT2D eigenvalue weighted by Gasteiger charge is -2.24. The van der Waals surface area contributed by atoms with Crippen molar-refractivity contribution in [3.05, 3.63) is 105 Å². The second kappa shape index (κ2) is 12.1. The van der Waals surface area contributed by atoms with Crippen LogP contribution in [0.25, 0.3) is 11.3 Å². The smallest absolute Gasteiger partial charge is 0.325 e. The molecule has 0 bridgehead atoms. The highest BCUT2D eigenvalue weighted by Crippen LogP contribution is 2.33. The zero-order valence-electron chi connectivity index (χ0n) is 21.1. The molecule has 0 radical (unpaired) electrons. The number of imide groups is 1. The number of nitrogens with zero attached hydrogens (tertiary/aromatic N) is 2. The minimum absolute atomic E-state index is 0.0822. The van der Waals surface area contributed by atoms with Gasteiger partial charge in [0.1, 0.15) is 42.2 Å². The van der Waals surface area contributed by atoms with E-state index in [9.17, 15) is 19.1 Å². The van der Waals surface area contributed by atoms with Gasteiger partial charge in [0.2, 0.25) is 0 Å². The van der Waals surface area contributed by atoms with Crippen LogP contribution >= 0.6 is 22.6 Å². The van der Waals surface area contributed by atoms with E-state index in [1.165, 1.54) is 12.3 Å². The number of benzene rings is 3. The van der Waals surface area contributed by atoms with E-state index < -0.39 is 42.6 Å². The fraction of sp³-hybridized carbons (Fsp3) is 0.207. The first-order chi connectivity index (χ1) is 19.3. The Morgan fingerprint density at radius 3 is 2.52 bits per heavy atom. The SMILES string of the molecule is O=C1NC(c2ccc(OC[C@H](O)CO)cc2)C(=O)N1[C@H](Cc1ccccc1)c1ncc(-c2ccc(I)cc2F)[nH]1. The minimum atomic E-state index is -1.00. The molecule has 4 aromatic rings. The van der Waals surface area contributed by atoms with Gasteiger partial charge in [-0.1, -0.05) is 42.5 Å². The largest absolute Gasteiger partial charge is 0.491 e. The first-order valence-corrected chi connectivity index (χ1v) is 13.6. The molecule has 3 amide bonds. The molecule has 1 aromatic heterocycles. The number of aliphatic hydroxyl groups is 2. The summed E-state index contributed by atoms with van der Waals surface area (Å²) in [5.74, 6) is -0.0614. The van der Waals surface area contributed by atoms with Crippen molar-refractivity contribution in [3.63, 3.8) is 0 Å². The van der Waals surface area contributed by atoms with Crippen LogP contribution in [0.2, 0.25) is 0 Å². The lowest BCUT2D eigenvalue weighted by atomic mass is 10.0. The van der Waals surface area contributed by atoms with E-state index in [0.717, 1.165) is 14.0 Å². The number of imidazole rings is 1. The molecule has 1 fully saturated rings. The third-order valence-electron chi connectivity index (χ3n) is 6.55. The zero-order chi connectivity index (χ0) is 28.2. The van der Waals surface area contributed by atoms with Gasteiger partial charge >= 0.3 is 6.03 Å². The van der Waals surface area contributed by atoms with Crippen molar-refractivity contribution >= 4 is 34.5 Å². The van der Waals surface area contributed by atoms with E-state index in [2.05, 4.69) is 15.3 Å². The Kier molecular flexibility index (Phi) is 8.43. The van der Waals surface area contributed by atoms with Gasteiger partial charge in [0.05, 0.1) is 18.5 Å². The van der Waals surface area contributed by atoms with Crippen LogP contribution in [0.4, 0.5) is 9.18 Å². The predicted octanol–water partition coefficient (Wildman–Crippen LogP) is 4.13. The van der Waals surface area contributed by atoms with Crippen LogP contribution in [0.15, 0.2) is 79.0 Å². The number of hydrogen-bond donors (Lipinski definition) is 4. The number of carbonyl (C=O) groups excluding carboxylic acids is 2. The van der Waals surface area contributed by atoms with E-state index in [0.29, 0.717) is 34.8 Å². The number of rotatable bonds is 10. The van der Waals surface area contributed by atoms with Gasteiger partial charge in [0.15, 0.2) is 0 Å². The molecule has 11 heteroatoms. The number of aromatic nitrogens is 2. The summed E-state index contributed by atoms with van der Waals surface area (Å²) in [5.41, 5.74) is 2.21. The third-order valence-corrected chi connectivity index (χ3v) is 7.22. The Morgan fingerprint density at radius 2 is 1.82 bits per heavy atom. The summed E-state index contributed by atoms with van der Waals surface area (Å²) in [6, 6.07) is 18.6. The quantitative estimate of drug-likeness (QED) is 0.150. The summed E-state index contributed by atoms with van der Waals surface area (Å²) >= 11 is 2.04. The fourth-order valence-corrected chi connectivity index (χ4v) is 4.97. The summed E-state index contributed by atoms with van der Waals surface area (Å²) < 4.78 is 20.9. The molecular formula is C29H26FIN4O5. The molecular weight excluding hydrogens is 630 g/mol. The molecule has 1 unspecified atom stereocenters. The van der Waals surface area contributed by atoms with Gasteiger partial charge in [-0.15, -0.1) is 0 Å². The molecule has 40 heavy (non-hydrogen) atoms. The molecule has 1 aliphatic heterocycles. The third kappa shape index (κ3) is 6.01. The van der Waals surface area contributed by atoms with E-state index in [1.54, 1.807) is 36.4 Å². The van der Waals surface area contributed by atoms with Crippen LogP contribution in [0.5, 0.6) is 5.75 Å². The molecule has 0 saturated carbocycles. The molecule has 3 atom stereocenters. The number of nitrogens with one attached hydrogen (secondary N) is 2. The number of aliphatic hydroxyl groups excluding tert-OH is 2. The molecule has 5 rings (SSSR count). The van der Waals surface area contributed by atoms with Crippen molar-refractivity contribution in [2.24, 2.45) is 0 Å². The zero-order valence-corrected chi connectivity index (χ0v) is 23.3. The van der Waals surface area contributed by atoms with Crippen molar-refractivity contribution in [1.29, 1.82) is 0 Å². The molecule has 3 aromatic carbocycles. The number of H-pyrrole nitrogens is 1. The molecule has 0 aliphatic carbocycles. The minimum Gasteiger partial charge on any atom is -0.491 e. The van der Waals surface area contributed by atoms with Crippen LogP contribution < -0.4 is 10.1 Å². The monoisotopic (exact) mass is 656 g/mol. The average Bonchev–Trinajstić information content (AvgIpc) is 3.55. The van der Waals surface area contributed by atoms with Gasteiger partial charge in [-0.2, -0.15) is 0 Å². The number of amides is 3. The van der Waals surface area contributed by atoms with Gasteiger partial charge in [0.25, 0.3) is 5.91 Å². The molecule has 1 saturated heterocycles. The van der Waals surface area contributed by atoms with Crippen LogP contribution in [0.3, 0.4) is 0 Å². The molecule has 2 heterocycles. The number of hydrogen-bond acceptors (Lipinski definition) is 6. The van der Waals surface area contributed by atoms with Crippen LogP contribution in [0.1, 0.15) is 29.0 Å². The highest BCUT2D eigenvalue weighted by molar-refractivity contribution is 14.1. The molecule has 4 N–H and O–H groups in total. The summed E-state index contributed by atoms with van der Waals surface area (Å²) in [6.07, 6.45) is 0.797. The van der Waals surface area contributed by atoms with Crippen LogP contribution in [-0.2, 0) is 11.2 Å². The van der Waals surface area contributed by atoms with Gasteiger partial charge in [-0.25, -0.2) is 14.2 Å². The van der Waals surface area contributed by atoms with Crippen molar-refractivity contribution in [2.75, 3.05) is 13.2 Å². The maximum absolute atomic E-state index is 14.7. The van der Waals surface area contributed by atoms with Crippen LogP contribution in [0, 0.1) is 9.39 Å². The highest BCUT2D eigenvalue weighted by atomic mass is 127. The molecule has 0 spiro atoms. The second-order valence-corrected chi connectivity index (χ2v) is 10.6. The van der Waals surface area contributed by atoms with Gasteiger partial charge in [-0.05, 0) is 64.0 Å². The highest BCUT2D eigenvalue weighted by Gasteiger charge is 2.44. The first-order valence-electron chi connectivity index (χ1n) is 12.5. The Hall–Kier alpha value is -3.81. The summed E-state index contributed by atoms with van der Waals surface area (Å²) in [7, 11) is 0. The standard InChI is InChI=1S/C29H26FIN4O5/c30-23-13-19(31)8-11-22(23)24-14-32-27(33-24)25(12-17-4-2-1-3-5-17)35-28(38)26(34-29(35)39)18-6-9-21(10-7-18)40-16-20(37)15-36/h1-11,13-14,20,25-26,36-37H,12,15-16H2,(H,32,33)(H,34,39)/t20-,25-,26?/m1/s1. The van der Waals surface area contributed by atoms with E-state index in [1.807, 2.05) is 52.9 Å². The van der Waals surface area contributed by atoms with E-state index >= 15 is 0 Å². The second-order valence-electron chi connectivity index (χ2n) is 9.32. The van der Waals surface area contributed by atoms with Crippen molar-refractivity contribution < 1.29 is 28.9 Å². The lowest BCUT2D eigenvalue weighted by molar-refractivity contribution is -0.129. The Morgan fingerprint density at radius 1 is 1.07 bits per heavy atom. The van der Waals surface area contributed by atoms with E-state index in [4.69, 9.17) is 9.84 Å². The summed E-state index contributed by atoms with van der Waals surface area (Å²) in [6.45, 7) is -0.501. The van der Waals surface area contributed by atoms with Gasteiger partial charge in [-0.3, -0.25) is 9.69 Å². The average molecular weight is 656 g/mol. The van der Waals surface area contributed by atoms with E-state index in [-0.39, 0.29) is 6.61 Å². The number of urea groups is 1. The fourth-order valence-electron chi connectivity index (χ4n) is 4.51. The van der Waals surface area contributed by atoms with Gasteiger partial charge < -0.3 is 25.3 Å². The summed E-state index contributed by atoms with van der Waals surface area (Å²) in [5, 5.41) is 21.2. The van der Waals surface area contributed by atoms with Gasteiger partial charge in [0, 0.05) is 15.6 Å². The Labute approximate surface area is 243 Å². The number of aromatic amines is 1. The number of halogens is 2.